The zero-order valence-corrected chi connectivity index (χ0v) is 29.5. The number of nitrogens with zero attached hydrogens (tertiary/aromatic N) is 1. The van der Waals surface area contributed by atoms with Gasteiger partial charge in [0.1, 0.15) is 17.2 Å². The number of ether oxygens (including phenoxy) is 1. The Morgan fingerprint density at radius 2 is 1.73 bits per heavy atom. The van der Waals surface area contributed by atoms with Crippen LogP contribution in [0, 0.1) is 17.7 Å². The molecule has 1 amide bonds. The van der Waals surface area contributed by atoms with E-state index in [2.05, 4.69) is 0 Å². The highest BCUT2D eigenvalue weighted by Gasteiger charge is 2.51. The Morgan fingerprint density at radius 3 is 2.35 bits per heavy atom. The Morgan fingerprint density at radius 1 is 1.04 bits per heavy atom. The number of rotatable bonds is 14. The van der Waals surface area contributed by atoms with Crippen LogP contribution in [0.25, 0.3) is 22.3 Å². The lowest BCUT2D eigenvalue weighted by molar-refractivity contribution is 0.00578. The van der Waals surface area contributed by atoms with Gasteiger partial charge in [0, 0.05) is 23.6 Å². The molecule has 260 valence electrons. The molecule has 1 atom stereocenters. The van der Waals surface area contributed by atoms with E-state index in [0.717, 1.165) is 24.0 Å². The lowest BCUT2D eigenvalue weighted by Crippen LogP contribution is -2.41. The number of furan rings is 1. The van der Waals surface area contributed by atoms with Crippen LogP contribution in [-0.4, -0.2) is 52.1 Å². The minimum atomic E-state index is -3.84. The van der Waals surface area contributed by atoms with Crippen molar-refractivity contribution < 1.29 is 36.1 Å². The fraction of sp³-hybridized carbons (Fsp3) is 0.432. The van der Waals surface area contributed by atoms with Gasteiger partial charge in [-0.15, -0.1) is 0 Å². The van der Waals surface area contributed by atoms with Crippen LogP contribution in [0.15, 0.2) is 71.1 Å². The number of anilines is 1. The van der Waals surface area contributed by atoms with Gasteiger partial charge in [0.2, 0.25) is 10.0 Å². The van der Waals surface area contributed by atoms with Crippen LogP contribution in [0.5, 0.6) is 0 Å². The van der Waals surface area contributed by atoms with Gasteiger partial charge in [-0.2, -0.15) is 0 Å². The van der Waals surface area contributed by atoms with Crippen LogP contribution in [0.4, 0.5) is 10.1 Å². The van der Waals surface area contributed by atoms with Gasteiger partial charge >= 0.3 is 7.12 Å². The maximum Gasteiger partial charge on any atom is 0.458 e. The Hall–Kier alpha value is -3.71. The van der Waals surface area contributed by atoms with Gasteiger partial charge in [-0.1, -0.05) is 42.5 Å². The second-order valence-electron chi connectivity index (χ2n) is 14.4. The SMILES string of the molecule is CC1(C)OB(CC(COCc2ccccc2)CN(c2cc3oc(-c4cccc(F)c4)c(C(N)=O)c3cc2CC2CC2)S(C)(=O)=O)OC1(C)C. The van der Waals surface area contributed by atoms with Gasteiger partial charge in [-0.3, -0.25) is 9.10 Å². The molecule has 0 spiro atoms. The number of benzene rings is 3. The number of nitrogens with two attached hydrogens (primary N) is 1. The Labute approximate surface area is 288 Å². The number of carbonyl (C=O) groups excluding carboxylic acids is 1. The number of carbonyl (C=O) groups is 1. The van der Waals surface area contributed by atoms with E-state index in [-0.39, 0.29) is 36.0 Å². The summed E-state index contributed by atoms with van der Waals surface area (Å²) in [7, 11) is -4.41. The number of primary amides is 1. The summed E-state index contributed by atoms with van der Waals surface area (Å²) < 4.78 is 68.1. The molecule has 4 aromatic rings. The Kier molecular flexibility index (Phi) is 9.71. The molecule has 2 fully saturated rings. The summed E-state index contributed by atoms with van der Waals surface area (Å²) in [5.74, 6) is -1.01. The summed E-state index contributed by atoms with van der Waals surface area (Å²) in [6.45, 7) is 8.64. The van der Waals surface area contributed by atoms with E-state index < -0.39 is 40.1 Å². The van der Waals surface area contributed by atoms with Crippen molar-refractivity contribution in [2.75, 3.05) is 23.7 Å². The van der Waals surface area contributed by atoms with Crippen molar-refractivity contribution >= 4 is 39.7 Å². The van der Waals surface area contributed by atoms with Gasteiger partial charge in [-0.05, 0) is 94.4 Å². The molecule has 3 aromatic carbocycles. The number of hydrogen-bond acceptors (Lipinski definition) is 7. The molecule has 2 aliphatic rings. The van der Waals surface area contributed by atoms with Gasteiger partial charge in [0.05, 0.1) is 41.9 Å². The molecule has 9 nitrogen and oxygen atoms in total. The monoisotopic (exact) mass is 690 g/mol. The molecular formula is C37H44BFN2O7S. The molecule has 1 saturated heterocycles. The topological polar surface area (TPSA) is 121 Å². The maximum atomic E-state index is 14.2. The molecule has 1 unspecified atom stereocenters. The van der Waals surface area contributed by atoms with E-state index in [1.165, 1.54) is 28.8 Å². The second kappa shape index (κ2) is 13.5. The van der Waals surface area contributed by atoms with Crippen molar-refractivity contribution in [1.29, 1.82) is 0 Å². The van der Waals surface area contributed by atoms with Crippen molar-refractivity contribution in [2.24, 2.45) is 17.6 Å². The van der Waals surface area contributed by atoms with E-state index in [4.69, 9.17) is 24.2 Å². The van der Waals surface area contributed by atoms with E-state index in [0.29, 0.717) is 41.9 Å². The first-order valence-electron chi connectivity index (χ1n) is 16.7. The highest BCUT2D eigenvalue weighted by atomic mass is 32.2. The molecule has 0 bridgehead atoms. The minimum Gasteiger partial charge on any atom is -0.455 e. The second-order valence-corrected chi connectivity index (χ2v) is 16.3. The Bertz CT molecular complexity index is 1930. The van der Waals surface area contributed by atoms with Crippen LogP contribution >= 0.6 is 0 Å². The number of sulfonamides is 1. The summed E-state index contributed by atoms with van der Waals surface area (Å²) >= 11 is 0. The van der Waals surface area contributed by atoms with Crippen LogP contribution < -0.4 is 10.0 Å². The van der Waals surface area contributed by atoms with Crippen LogP contribution in [-0.2, 0) is 37.1 Å². The summed E-state index contributed by atoms with van der Waals surface area (Å²) in [5.41, 5.74) is 7.74. The van der Waals surface area contributed by atoms with Crippen molar-refractivity contribution in [3.8, 4) is 11.3 Å². The fourth-order valence-corrected chi connectivity index (χ4v) is 7.39. The zero-order valence-electron chi connectivity index (χ0n) is 28.7. The fourth-order valence-electron chi connectivity index (χ4n) is 6.38. The molecule has 1 aromatic heterocycles. The highest BCUT2D eigenvalue weighted by Crippen LogP contribution is 2.43. The standard InChI is InChI=1S/C37H44BFN2O7S/c1-36(2)37(3,4)48-38(47-36)20-26(23-45-22-25-10-7-6-8-11-25)21-41(49(5,43)44)31-19-32-30(18-28(31)16-24-14-15-24)33(35(40)42)34(46-32)27-12-9-13-29(39)17-27/h6-13,17-19,24,26H,14-16,20-23H2,1-5H3,(H2,40,42). The smallest absolute Gasteiger partial charge is 0.455 e. The van der Waals surface area contributed by atoms with Crippen LogP contribution in [0.2, 0.25) is 6.32 Å². The van der Waals surface area contributed by atoms with Gasteiger partial charge < -0.3 is 24.2 Å². The normalized spacial score (nSPS) is 17.8. The third kappa shape index (κ3) is 7.88. The number of fused-ring (bicyclic) bond motifs is 1. The molecule has 0 radical (unpaired) electrons. The van der Waals surface area contributed by atoms with Crippen molar-refractivity contribution in [3.05, 3.63) is 89.2 Å². The third-order valence-corrected chi connectivity index (χ3v) is 11.0. The predicted octanol–water partition coefficient (Wildman–Crippen LogP) is 6.98. The first kappa shape index (κ1) is 35.1. The molecule has 6 rings (SSSR count). The first-order valence-corrected chi connectivity index (χ1v) is 18.6. The lowest BCUT2D eigenvalue weighted by atomic mass is 9.77. The summed E-state index contributed by atoms with van der Waals surface area (Å²) in [5, 5.41) is 0.458. The van der Waals surface area contributed by atoms with Crippen molar-refractivity contribution in [2.45, 2.75) is 71.1 Å². The average Bonchev–Trinajstić information content (AvgIpc) is 3.70. The first-order chi connectivity index (χ1) is 23.1. The molecule has 2 heterocycles. The molecule has 1 aliphatic heterocycles. The van der Waals surface area contributed by atoms with Gasteiger partial charge in [0.15, 0.2) is 0 Å². The molecule has 2 N–H and O–H groups in total. The summed E-state index contributed by atoms with van der Waals surface area (Å²) in [4.78, 5) is 12.8. The van der Waals surface area contributed by atoms with Crippen molar-refractivity contribution in [3.63, 3.8) is 0 Å². The van der Waals surface area contributed by atoms with Crippen molar-refractivity contribution in [1.82, 2.24) is 0 Å². The minimum absolute atomic E-state index is 0.0843. The third-order valence-electron chi connectivity index (χ3n) is 9.81. The predicted molar refractivity (Wildman–Crippen MR) is 189 cm³/mol. The van der Waals surface area contributed by atoms with E-state index >= 15 is 0 Å². The maximum absolute atomic E-state index is 14.2. The highest BCUT2D eigenvalue weighted by molar-refractivity contribution is 7.92. The number of amides is 1. The molecule has 1 aliphatic carbocycles. The van der Waals surface area contributed by atoms with Gasteiger partial charge in [0.25, 0.3) is 5.91 Å². The van der Waals surface area contributed by atoms with Crippen LogP contribution in [0.3, 0.4) is 0 Å². The number of hydrogen-bond donors (Lipinski definition) is 1. The van der Waals surface area contributed by atoms with E-state index in [1.807, 2.05) is 64.1 Å². The largest absolute Gasteiger partial charge is 0.458 e. The summed E-state index contributed by atoms with van der Waals surface area (Å²) in [6.07, 6.45) is 4.24. The molecular weight excluding hydrogens is 646 g/mol. The molecule has 49 heavy (non-hydrogen) atoms. The lowest BCUT2D eigenvalue weighted by Gasteiger charge is -2.32. The van der Waals surface area contributed by atoms with E-state index in [9.17, 15) is 17.6 Å². The van der Waals surface area contributed by atoms with Crippen LogP contribution in [0.1, 0.15) is 62.0 Å². The van der Waals surface area contributed by atoms with Gasteiger partial charge in [-0.25, -0.2) is 12.8 Å². The Balaban J connectivity index is 1.39. The number of halogens is 1. The summed E-state index contributed by atoms with van der Waals surface area (Å²) in [6, 6.07) is 19.0. The molecule has 12 heteroatoms. The quantitative estimate of drug-likeness (QED) is 0.142. The molecule has 1 saturated carbocycles. The van der Waals surface area contributed by atoms with E-state index in [1.54, 1.807) is 12.1 Å². The zero-order chi connectivity index (χ0) is 35.1. The average molecular weight is 691 g/mol.